The SMILES string of the molecule is CCOc1cc(/C=C(\C#N)C(=O)Nc2ccc([N+](=O)[O-])cc2C)cc(Br)c1OC(C)=O. The number of halogens is 1. The van der Waals surface area contributed by atoms with Gasteiger partial charge in [0.15, 0.2) is 11.5 Å². The zero-order valence-electron chi connectivity index (χ0n) is 16.9. The van der Waals surface area contributed by atoms with E-state index in [-0.39, 0.29) is 22.8 Å². The highest BCUT2D eigenvalue weighted by Gasteiger charge is 2.17. The summed E-state index contributed by atoms with van der Waals surface area (Å²) in [7, 11) is 0. The first-order chi connectivity index (χ1) is 14.7. The lowest BCUT2D eigenvalue weighted by Gasteiger charge is -2.13. The number of amides is 1. The maximum Gasteiger partial charge on any atom is 0.308 e. The summed E-state index contributed by atoms with van der Waals surface area (Å²) < 4.78 is 11.1. The monoisotopic (exact) mass is 487 g/mol. The molecule has 0 spiro atoms. The molecule has 1 N–H and O–H groups in total. The summed E-state index contributed by atoms with van der Waals surface area (Å²) in [5, 5.41) is 22.9. The smallest absolute Gasteiger partial charge is 0.308 e. The van der Waals surface area contributed by atoms with Gasteiger partial charge in [-0.25, -0.2) is 0 Å². The number of hydrogen-bond donors (Lipinski definition) is 1. The Bertz CT molecular complexity index is 1120. The van der Waals surface area contributed by atoms with Gasteiger partial charge in [-0.05, 0) is 65.2 Å². The molecule has 0 aliphatic rings. The van der Waals surface area contributed by atoms with E-state index < -0.39 is 16.8 Å². The summed E-state index contributed by atoms with van der Waals surface area (Å²) in [6.07, 6.45) is 1.35. The van der Waals surface area contributed by atoms with Crippen LogP contribution in [0.3, 0.4) is 0 Å². The van der Waals surface area contributed by atoms with E-state index in [1.807, 2.05) is 6.07 Å². The fraction of sp³-hybridized carbons (Fsp3) is 0.190. The average molecular weight is 488 g/mol. The second-order valence-corrected chi connectivity index (χ2v) is 7.09. The third kappa shape index (κ3) is 6.13. The molecule has 0 bridgehead atoms. The molecule has 0 radical (unpaired) electrons. The van der Waals surface area contributed by atoms with Gasteiger partial charge in [-0.3, -0.25) is 19.7 Å². The van der Waals surface area contributed by atoms with Crippen molar-refractivity contribution in [1.82, 2.24) is 0 Å². The third-order valence-electron chi connectivity index (χ3n) is 3.92. The van der Waals surface area contributed by atoms with Crippen LogP contribution in [0.25, 0.3) is 6.08 Å². The van der Waals surface area contributed by atoms with Crippen LogP contribution in [-0.2, 0) is 9.59 Å². The van der Waals surface area contributed by atoms with Crippen LogP contribution < -0.4 is 14.8 Å². The first-order valence-electron chi connectivity index (χ1n) is 8.99. The Morgan fingerprint density at radius 2 is 2.03 bits per heavy atom. The number of esters is 1. The summed E-state index contributed by atoms with van der Waals surface area (Å²) >= 11 is 3.30. The van der Waals surface area contributed by atoms with E-state index in [4.69, 9.17) is 9.47 Å². The summed E-state index contributed by atoms with van der Waals surface area (Å²) in [6, 6.07) is 8.93. The zero-order valence-corrected chi connectivity index (χ0v) is 18.5. The van der Waals surface area contributed by atoms with Gasteiger partial charge in [0.2, 0.25) is 0 Å². The maximum atomic E-state index is 12.6. The molecule has 0 aliphatic heterocycles. The molecule has 9 nitrogen and oxygen atoms in total. The minimum atomic E-state index is -0.683. The molecular formula is C21H18BrN3O6. The van der Waals surface area contributed by atoms with E-state index in [2.05, 4.69) is 21.2 Å². The van der Waals surface area contributed by atoms with Crippen molar-refractivity contribution in [2.75, 3.05) is 11.9 Å². The number of nitro benzene ring substituents is 1. The fourth-order valence-electron chi connectivity index (χ4n) is 2.58. The Balaban J connectivity index is 2.36. The highest BCUT2D eigenvalue weighted by Crippen LogP contribution is 2.37. The van der Waals surface area contributed by atoms with E-state index in [9.17, 15) is 25.0 Å². The third-order valence-corrected chi connectivity index (χ3v) is 4.51. The molecule has 0 heterocycles. The number of anilines is 1. The van der Waals surface area contributed by atoms with Gasteiger partial charge in [0.1, 0.15) is 11.6 Å². The number of hydrogen-bond acceptors (Lipinski definition) is 7. The van der Waals surface area contributed by atoms with Crippen molar-refractivity contribution in [2.45, 2.75) is 20.8 Å². The van der Waals surface area contributed by atoms with Gasteiger partial charge in [-0.1, -0.05) is 0 Å². The van der Waals surface area contributed by atoms with Crippen LogP contribution in [0.15, 0.2) is 40.4 Å². The molecule has 0 saturated carbocycles. The van der Waals surface area contributed by atoms with Crippen molar-refractivity contribution in [2.24, 2.45) is 0 Å². The standard InChI is InChI=1S/C21H18BrN3O6/c1-4-30-19-10-14(9-17(22)20(19)31-13(3)26)8-15(11-23)21(27)24-18-6-5-16(25(28)29)7-12(18)2/h5-10H,4H2,1-3H3,(H,24,27)/b15-8+. The van der Waals surface area contributed by atoms with E-state index >= 15 is 0 Å². The lowest BCUT2D eigenvalue weighted by atomic mass is 10.1. The first kappa shape index (κ1) is 23.6. The number of ether oxygens (including phenoxy) is 2. The van der Waals surface area contributed by atoms with Crippen molar-refractivity contribution in [1.29, 1.82) is 5.26 Å². The lowest BCUT2D eigenvalue weighted by molar-refractivity contribution is -0.384. The van der Waals surface area contributed by atoms with Crippen molar-refractivity contribution in [3.8, 4) is 17.6 Å². The number of aryl methyl sites for hydroxylation is 1. The van der Waals surface area contributed by atoms with Gasteiger partial charge < -0.3 is 14.8 Å². The second-order valence-electron chi connectivity index (χ2n) is 6.24. The van der Waals surface area contributed by atoms with Crippen molar-refractivity contribution in [3.05, 3.63) is 61.6 Å². The van der Waals surface area contributed by atoms with Gasteiger partial charge in [0.05, 0.1) is 16.0 Å². The molecule has 1 amide bonds. The number of non-ortho nitro benzene ring substituents is 1. The molecule has 10 heteroatoms. The van der Waals surface area contributed by atoms with Crippen LogP contribution in [0, 0.1) is 28.4 Å². The van der Waals surface area contributed by atoms with Gasteiger partial charge in [-0.2, -0.15) is 5.26 Å². The Hall–Kier alpha value is -3.71. The summed E-state index contributed by atoms with van der Waals surface area (Å²) in [5.74, 6) is -0.753. The minimum absolute atomic E-state index is 0.104. The summed E-state index contributed by atoms with van der Waals surface area (Å²) in [6.45, 7) is 4.93. The van der Waals surface area contributed by atoms with Crippen LogP contribution in [0.1, 0.15) is 25.0 Å². The largest absolute Gasteiger partial charge is 0.490 e. The van der Waals surface area contributed by atoms with Crippen molar-refractivity contribution in [3.63, 3.8) is 0 Å². The van der Waals surface area contributed by atoms with E-state index in [1.165, 1.54) is 37.3 Å². The number of carbonyl (C=O) groups excluding carboxylic acids is 2. The fourth-order valence-corrected chi connectivity index (χ4v) is 3.12. The van der Waals surface area contributed by atoms with E-state index in [0.29, 0.717) is 27.9 Å². The molecule has 160 valence electrons. The topological polar surface area (TPSA) is 132 Å². The average Bonchev–Trinajstić information content (AvgIpc) is 2.70. The molecule has 0 atom stereocenters. The predicted octanol–water partition coefficient (Wildman–Crippen LogP) is 4.54. The number of nitriles is 1. The maximum absolute atomic E-state index is 12.6. The van der Waals surface area contributed by atoms with Crippen molar-refractivity contribution >= 4 is 45.3 Å². The zero-order chi connectivity index (χ0) is 23.1. The Morgan fingerprint density at radius 3 is 2.58 bits per heavy atom. The molecule has 2 rings (SSSR count). The molecular weight excluding hydrogens is 470 g/mol. The van der Waals surface area contributed by atoms with Crippen LogP contribution in [0.5, 0.6) is 11.5 Å². The number of rotatable bonds is 7. The normalized spacial score (nSPS) is 10.7. The number of carbonyl (C=O) groups is 2. The van der Waals surface area contributed by atoms with Crippen LogP contribution in [-0.4, -0.2) is 23.4 Å². The Kier molecular flexibility index (Phi) is 7.88. The van der Waals surface area contributed by atoms with Crippen LogP contribution in [0.2, 0.25) is 0 Å². The molecule has 31 heavy (non-hydrogen) atoms. The minimum Gasteiger partial charge on any atom is -0.490 e. The number of benzene rings is 2. The number of nitro groups is 1. The summed E-state index contributed by atoms with van der Waals surface area (Å²) in [5.41, 5.74) is 0.975. The molecule has 0 saturated heterocycles. The van der Waals surface area contributed by atoms with Crippen LogP contribution in [0.4, 0.5) is 11.4 Å². The predicted molar refractivity (Wildman–Crippen MR) is 117 cm³/mol. The van der Waals surface area contributed by atoms with Gasteiger partial charge >= 0.3 is 5.97 Å². The van der Waals surface area contributed by atoms with Gasteiger partial charge in [0.25, 0.3) is 11.6 Å². The Morgan fingerprint density at radius 1 is 1.32 bits per heavy atom. The van der Waals surface area contributed by atoms with E-state index in [1.54, 1.807) is 19.9 Å². The van der Waals surface area contributed by atoms with Gasteiger partial charge in [-0.15, -0.1) is 0 Å². The highest BCUT2D eigenvalue weighted by molar-refractivity contribution is 9.10. The first-order valence-corrected chi connectivity index (χ1v) is 9.78. The quantitative estimate of drug-likeness (QED) is 0.151. The molecule has 2 aromatic carbocycles. The number of nitrogens with one attached hydrogen (secondary N) is 1. The molecule has 0 aliphatic carbocycles. The molecule has 2 aromatic rings. The molecule has 0 unspecified atom stereocenters. The second kappa shape index (κ2) is 10.4. The lowest BCUT2D eigenvalue weighted by Crippen LogP contribution is -2.14. The highest BCUT2D eigenvalue weighted by atomic mass is 79.9. The van der Waals surface area contributed by atoms with Crippen molar-refractivity contribution < 1.29 is 24.0 Å². The molecule has 0 aromatic heterocycles. The number of nitrogens with zero attached hydrogens (tertiary/aromatic N) is 2. The van der Waals surface area contributed by atoms with E-state index in [0.717, 1.165) is 0 Å². The van der Waals surface area contributed by atoms with Gasteiger partial charge in [0, 0.05) is 24.7 Å². The summed E-state index contributed by atoms with van der Waals surface area (Å²) in [4.78, 5) is 34.2. The van der Waals surface area contributed by atoms with Crippen LogP contribution >= 0.6 is 15.9 Å². The molecule has 0 fully saturated rings. The Labute approximate surface area is 186 Å².